The summed E-state index contributed by atoms with van der Waals surface area (Å²) in [4.78, 5) is 13.2. The molecule has 4 heteroatoms. The Kier molecular flexibility index (Phi) is 2.76. The van der Waals surface area contributed by atoms with Gasteiger partial charge in [0.1, 0.15) is 11.5 Å². The second kappa shape index (κ2) is 3.94. The van der Waals surface area contributed by atoms with Crippen LogP contribution in [0.4, 0.5) is 0 Å². The summed E-state index contributed by atoms with van der Waals surface area (Å²) in [5.41, 5.74) is -0.596. The molecule has 1 aromatic rings. The second-order valence-electron chi connectivity index (χ2n) is 4.84. The quantitative estimate of drug-likeness (QED) is 0.850. The van der Waals surface area contributed by atoms with Crippen LogP contribution in [0.1, 0.15) is 24.9 Å². The van der Waals surface area contributed by atoms with Gasteiger partial charge in [-0.2, -0.15) is 0 Å². The molecule has 0 amide bonds. The normalized spacial score (nSPS) is 26.1. The van der Waals surface area contributed by atoms with Crippen LogP contribution >= 0.6 is 0 Å². The average molecular weight is 223 g/mol. The molecule has 1 fully saturated rings. The first kappa shape index (κ1) is 11.2. The van der Waals surface area contributed by atoms with E-state index in [0.717, 1.165) is 18.1 Å². The molecule has 4 nitrogen and oxygen atoms in total. The molecule has 0 aliphatic carbocycles. The molecule has 1 atom stereocenters. The van der Waals surface area contributed by atoms with Crippen molar-refractivity contribution in [2.75, 3.05) is 13.1 Å². The van der Waals surface area contributed by atoms with Crippen molar-refractivity contribution in [3.05, 3.63) is 23.7 Å². The van der Waals surface area contributed by atoms with E-state index in [1.165, 1.54) is 0 Å². The van der Waals surface area contributed by atoms with Gasteiger partial charge in [-0.3, -0.25) is 9.69 Å². The van der Waals surface area contributed by atoms with Crippen LogP contribution in [-0.2, 0) is 11.3 Å². The monoisotopic (exact) mass is 223 g/mol. The number of carboxylic acid groups (broad SMARTS) is 1. The van der Waals surface area contributed by atoms with Crippen molar-refractivity contribution in [3.63, 3.8) is 0 Å². The van der Waals surface area contributed by atoms with Gasteiger partial charge in [-0.25, -0.2) is 0 Å². The summed E-state index contributed by atoms with van der Waals surface area (Å²) in [6.07, 6.45) is 0.710. The van der Waals surface area contributed by atoms with Crippen LogP contribution in [0.15, 0.2) is 16.5 Å². The zero-order valence-electron chi connectivity index (χ0n) is 9.69. The topological polar surface area (TPSA) is 53.7 Å². The molecule has 0 aromatic carbocycles. The minimum atomic E-state index is -0.703. The van der Waals surface area contributed by atoms with Crippen molar-refractivity contribution in [2.24, 2.45) is 5.41 Å². The lowest BCUT2D eigenvalue weighted by Crippen LogP contribution is -2.31. The minimum Gasteiger partial charge on any atom is -0.481 e. The van der Waals surface area contributed by atoms with Crippen LogP contribution in [0.3, 0.4) is 0 Å². The number of carboxylic acids is 1. The molecular formula is C12H17NO3. The van der Waals surface area contributed by atoms with Gasteiger partial charge < -0.3 is 9.52 Å². The van der Waals surface area contributed by atoms with Crippen LogP contribution in [0.2, 0.25) is 0 Å². The number of hydrogen-bond acceptors (Lipinski definition) is 3. The number of rotatable bonds is 3. The maximum Gasteiger partial charge on any atom is 0.310 e. The van der Waals surface area contributed by atoms with E-state index in [2.05, 4.69) is 4.90 Å². The van der Waals surface area contributed by atoms with Crippen LogP contribution < -0.4 is 0 Å². The van der Waals surface area contributed by atoms with E-state index in [-0.39, 0.29) is 0 Å². The van der Waals surface area contributed by atoms with E-state index in [9.17, 15) is 4.79 Å². The molecular weight excluding hydrogens is 206 g/mol. The van der Waals surface area contributed by atoms with Gasteiger partial charge in [0.05, 0.1) is 12.0 Å². The summed E-state index contributed by atoms with van der Waals surface area (Å²) in [6.45, 7) is 5.85. The Morgan fingerprint density at radius 1 is 1.62 bits per heavy atom. The molecule has 1 aliphatic rings. The molecule has 2 heterocycles. The fourth-order valence-corrected chi connectivity index (χ4v) is 2.16. The number of likely N-dealkylation sites (tertiary alicyclic amines) is 1. The van der Waals surface area contributed by atoms with Crippen molar-refractivity contribution < 1.29 is 14.3 Å². The fourth-order valence-electron chi connectivity index (χ4n) is 2.16. The van der Waals surface area contributed by atoms with Crippen molar-refractivity contribution >= 4 is 5.97 Å². The standard InChI is InChI=1S/C12H17NO3/c1-9-3-4-10(16-9)7-13-6-5-12(2,8-13)11(14)15/h3-4H,5-8H2,1-2H3,(H,14,15). The molecule has 0 radical (unpaired) electrons. The van der Waals surface area contributed by atoms with Gasteiger partial charge in [0.25, 0.3) is 0 Å². The van der Waals surface area contributed by atoms with E-state index in [0.29, 0.717) is 19.5 Å². The van der Waals surface area contributed by atoms with Crippen LogP contribution in [0, 0.1) is 12.3 Å². The number of carbonyl (C=O) groups is 1. The van der Waals surface area contributed by atoms with Crippen molar-refractivity contribution in [1.29, 1.82) is 0 Å². The summed E-state index contributed by atoms with van der Waals surface area (Å²) in [5.74, 6) is 1.10. The van der Waals surface area contributed by atoms with Gasteiger partial charge >= 0.3 is 5.97 Å². The Labute approximate surface area is 94.9 Å². The Morgan fingerprint density at radius 3 is 2.88 bits per heavy atom. The molecule has 0 saturated carbocycles. The van der Waals surface area contributed by atoms with Crippen LogP contribution in [-0.4, -0.2) is 29.1 Å². The third-order valence-electron chi connectivity index (χ3n) is 3.24. The average Bonchev–Trinajstić information content (AvgIpc) is 2.75. The molecule has 16 heavy (non-hydrogen) atoms. The zero-order valence-corrected chi connectivity index (χ0v) is 9.69. The first-order valence-corrected chi connectivity index (χ1v) is 5.51. The smallest absolute Gasteiger partial charge is 0.310 e. The molecule has 1 saturated heterocycles. The van der Waals surface area contributed by atoms with Gasteiger partial charge in [-0.1, -0.05) is 0 Å². The lowest BCUT2D eigenvalue weighted by Gasteiger charge is -2.19. The van der Waals surface area contributed by atoms with Gasteiger partial charge in [-0.15, -0.1) is 0 Å². The lowest BCUT2D eigenvalue weighted by atomic mass is 9.90. The zero-order chi connectivity index (χ0) is 11.8. The summed E-state index contributed by atoms with van der Waals surface area (Å²) >= 11 is 0. The predicted molar refractivity (Wildman–Crippen MR) is 59.1 cm³/mol. The van der Waals surface area contributed by atoms with Crippen molar-refractivity contribution in [2.45, 2.75) is 26.8 Å². The van der Waals surface area contributed by atoms with E-state index in [1.807, 2.05) is 26.0 Å². The highest BCUT2D eigenvalue weighted by Gasteiger charge is 2.40. The van der Waals surface area contributed by atoms with Crippen molar-refractivity contribution in [1.82, 2.24) is 4.90 Å². The van der Waals surface area contributed by atoms with E-state index in [4.69, 9.17) is 9.52 Å². The van der Waals surface area contributed by atoms with Gasteiger partial charge in [0.15, 0.2) is 0 Å². The van der Waals surface area contributed by atoms with Crippen LogP contribution in [0.5, 0.6) is 0 Å². The Bertz CT molecular complexity index is 399. The summed E-state index contributed by atoms with van der Waals surface area (Å²) in [5, 5.41) is 9.11. The number of aliphatic carboxylic acids is 1. The third-order valence-corrected chi connectivity index (χ3v) is 3.24. The molecule has 2 rings (SSSR count). The highest BCUT2D eigenvalue weighted by molar-refractivity contribution is 5.74. The molecule has 1 N–H and O–H groups in total. The van der Waals surface area contributed by atoms with Crippen molar-refractivity contribution in [3.8, 4) is 0 Å². The number of nitrogens with zero attached hydrogens (tertiary/aromatic N) is 1. The van der Waals surface area contributed by atoms with Crippen LogP contribution in [0.25, 0.3) is 0 Å². The fraction of sp³-hybridized carbons (Fsp3) is 0.583. The van der Waals surface area contributed by atoms with E-state index in [1.54, 1.807) is 0 Å². The van der Waals surface area contributed by atoms with Gasteiger partial charge in [0.2, 0.25) is 0 Å². The Morgan fingerprint density at radius 2 is 2.38 bits per heavy atom. The number of furan rings is 1. The SMILES string of the molecule is Cc1ccc(CN2CCC(C)(C(=O)O)C2)o1. The third kappa shape index (κ3) is 2.11. The highest BCUT2D eigenvalue weighted by Crippen LogP contribution is 2.31. The first-order valence-electron chi connectivity index (χ1n) is 5.51. The molecule has 1 aromatic heterocycles. The summed E-state index contributed by atoms with van der Waals surface area (Å²) < 4.78 is 5.48. The van der Waals surface area contributed by atoms with E-state index < -0.39 is 11.4 Å². The molecule has 88 valence electrons. The largest absolute Gasteiger partial charge is 0.481 e. The molecule has 1 aliphatic heterocycles. The summed E-state index contributed by atoms with van der Waals surface area (Å²) in [7, 11) is 0. The molecule has 1 unspecified atom stereocenters. The number of aryl methyl sites for hydroxylation is 1. The van der Waals surface area contributed by atoms with Gasteiger partial charge in [-0.05, 0) is 38.9 Å². The predicted octanol–water partition coefficient (Wildman–Crippen LogP) is 1.88. The molecule has 0 spiro atoms. The summed E-state index contributed by atoms with van der Waals surface area (Å²) in [6, 6.07) is 3.88. The van der Waals surface area contributed by atoms with E-state index >= 15 is 0 Å². The maximum atomic E-state index is 11.1. The highest BCUT2D eigenvalue weighted by atomic mass is 16.4. The molecule has 0 bridgehead atoms. The lowest BCUT2D eigenvalue weighted by molar-refractivity contribution is -0.147. The Balaban J connectivity index is 1.97. The minimum absolute atomic E-state index is 0.596. The maximum absolute atomic E-state index is 11.1. The second-order valence-corrected chi connectivity index (χ2v) is 4.84. The Hall–Kier alpha value is -1.29. The van der Waals surface area contributed by atoms with Gasteiger partial charge in [0, 0.05) is 6.54 Å². The number of hydrogen-bond donors (Lipinski definition) is 1. The first-order chi connectivity index (χ1) is 7.49.